The number of fused-ring (bicyclic) bond motifs is 1. The minimum Gasteiger partial charge on any atom is -0.383 e. The van der Waals surface area contributed by atoms with Crippen molar-refractivity contribution in [2.24, 2.45) is 5.92 Å². The molecule has 1 aromatic heterocycles. The fourth-order valence-electron chi connectivity index (χ4n) is 3.20. The van der Waals surface area contributed by atoms with Crippen LogP contribution in [-0.4, -0.2) is 40.0 Å². The number of nitrogens with zero attached hydrogens (tertiary/aromatic N) is 2. The second-order valence-corrected chi connectivity index (χ2v) is 7.22. The summed E-state index contributed by atoms with van der Waals surface area (Å²) < 4.78 is 7.73. The van der Waals surface area contributed by atoms with Gasteiger partial charge in [0.15, 0.2) is 0 Å². The van der Waals surface area contributed by atoms with Crippen LogP contribution < -0.4 is 5.32 Å². The quantitative estimate of drug-likeness (QED) is 0.795. The number of benzene rings is 1. The third kappa shape index (κ3) is 4.71. The smallest absolute Gasteiger partial charge is 0.248 e. The van der Waals surface area contributed by atoms with Gasteiger partial charge in [-0.25, -0.2) is 0 Å². The first-order chi connectivity index (χ1) is 12.5. The molecule has 0 saturated heterocycles. The Morgan fingerprint density at radius 2 is 2.15 bits per heavy atom. The van der Waals surface area contributed by atoms with Crippen LogP contribution in [0.4, 0.5) is 0 Å². The standard InChI is InChI=1S/C20H27N3O3/c1-14(2)10-17(24)20(25)21-11-18-19-16(8-9-26-18)13-23(22-19)12-15-6-4-3-5-7-15/h3-7,13-14,17-18,24H,8-12H2,1-2H3,(H,21,25)/t17-,18-/m0/s1. The Morgan fingerprint density at radius 3 is 2.88 bits per heavy atom. The van der Waals surface area contributed by atoms with Crippen molar-refractivity contribution in [1.82, 2.24) is 15.1 Å². The molecule has 1 aliphatic rings. The van der Waals surface area contributed by atoms with E-state index in [2.05, 4.69) is 28.7 Å². The number of carbonyl (C=O) groups excluding carboxylic acids is 1. The van der Waals surface area contributed by atoms with Crippen molar-refractivity contribution in [2.75, 3.05) is 13.2 Å². The van der Waals surface area contributed by atoms with Gasteiger partial charge in [-0.3, -0.25) is 9.48 Å². The maximum absolute atomic E-state index is 12.0. The van der Waals surface area contributed by atoms with Crippen molar-refractivity contribution in [1.29, 1.82) is 0 Å². The summed E-state index contributed by atoms with van der Waals surface area (Å²) in [6.07, 6.45) is 2.09. The van der Waals surface area contributed by atoms with Crippen molar-refractivity contribution in [3.8, 4) is 0 Å². The van der Waals surface area contributed by atoms with Crippen LogP contribution in [0, 0.1) is 5.92 Å². The lowest BCUT2D eigenvalue weighted by atomic mass is 10.0. The van der Waals surface area contributed by atoms with E-state index >= 15 is 0 Å². The Kier molecular flexibility index (Phi) is 6.06. The van der Waals surface area contributed by atoms with Crippen molar-refractivity contribution in [3.05, 3.63) is 53.3 Å². The van der Waals surface area contributed by atoms with Crippen LogP contribution in [-0.2, 0) is 22.5 Å². The average Bonchev–Trinajstić information content (AvgIpc) is 3.02. The van der Waals surface area contributed by atoms with Crippen LogP contribution in [0.3, 0.4) is 0 Å². The highest BCUT2D eigenvalue weighted by atomic mass is 16.5. The summed E-state index contributed by atoms with van der Waals surface area (Å²) in [5.74, 6) is -0.0832. The molecule has 0 saturated carbocycles. The number of ether oxygens (including phenoxy) is 1. The zero-order valence-electron chi connectivity index (χ0n) is 15.4. The Labute approximate surface area is 154 Å². The van der Waals surface area contributed by atoms with Crippen molar-refractivity contribution >= 4 is 5.91 Å². The summed E-state index contributed by atoms with van der Waals surface area (Å²) >= 11 is 0. The van der Waals surface area contributed by atoms with Crippen LogP contribution in [0.5, 0.6) is 0 Å². The van der Waals surface area contributed by atoms with E-state index in [-0.39, 0.29) is 17.9 Å². The third-order valence-corrected chi connectivity index (χ3v) is 4.51. The number of nitrogens with one attached hydrogen (secondary N) is 1. The summed E-state index contributed by atoms with van der Waals surface area (Å²) in [4.78, 5) is 12.0. The molecule has 1 aliphatic heterocycles. The summed E-state index contributed by atoms with van der Waals surface area (Å²) in [5.41, 5.74) is 3.23. The molecule has 2 aromatic rings. The first-order valence-corrected chi connectivity index (χ1v) is 9.20. The van der Waals surface area contributed by atoms with Crippen LogP contribution in [0.2, 0.25) is 0 Å². The molecule has 3 rings (SSSR count). The normalized spacial score (nSPS) is 17.8. The molecular weight excluding hydrogens is 330 g/mol. The second kappa shape index (κ2) is 8.47. The van der Waals surface area contributed by atoms with Gasteiger partial charge in [-0.05, 0) is 29.9 Å². The zero-order chi connectivity index (χ0) is 18.5. The molecule has 0 spiro atoms. The molecule has 2 heterocycles. The van der Waals surface area contributed by atoms with Crippen LogP contribution in [0.25, 0.3) is 0 Å². The Bertz CT molecular complexity index is 727. The average molecular weight is 357 g/mol. The fourth-order valence-corrected chi connectivity index (χ4v) is 3.20. The van der Waals surface area contributed by atoms with Gasteiger partial charge in [-0.15, -0.1) is 0 Å². The maximum Gasteiger partial charge on any atom is 0.248 e. The van der Waals surface area contributed by atoms with Crippen LogP contribution >= 0.6 is 0 Å². The first-order valence-electron chi connectivity index (χ1n) is 9.20. The van der Waals surface area contributed by atoms with Crippen molar-refractivity contribution in [2.45, 2.75) is 45.4 Å². The molecule has 1 aromatic carbocycles. The molecule has 1 amide bonds. The lowest BCUT2D eigenvalue weighted by Crippen LogP contribution is -2.39. The third-order valence-electron chi connectivity index (χ3n) is 4.51. The van der Waals surface area contributed by atoms with E-state index in [9.17, 15) is 9.90 Å². The first kappa shape index (κ1) is 18.6. The van der Waals surface area contributed by atoms with E-state index in [4.69, 9.17) is 4.74 Å². The van der Waals surface area contributed by atoms with Crippen LogP contribution in [0.15, 0.2) is 36.5 Å². The highest BCUT2D eigenvalue weighted by Gasteiger charge is 2.26. The summed E-state index contributed by atoms with van der Waals surface area (Å²) in [6.45, 7) is 5.60. The van der Waals surface area contributed by atoms with Gasteiger partial charge in [0.25, 0.3) is 0 Å². The highest BCUT2D eigenvalue weighted by molar-refractivity contribution is 5.80. The second-order valence-electron chi connectivity index (χ2n) is 7.22. The number of carbonyl (C=O) groups is 1. The molecule has 0 bridgehead atoms. The number of aliphatic hydroxyl groups is 1. The minimum absolute atomic E-state index is 0.266. The molecule has 0 radical (unpaired) electrons. The summed E-state index contributed by atoms with van der Waals surface area (Å²) in [6, 6.07) is 10.2. The lowest BCUT2D eigenvalue weighted by Gasteiger charge is -2.23. The monoisotopic (exact) mass is 357 g/mol. The van der Waals surface area contributed by atoms with Gasteiger partial charge in [0.05, 0.1) is 18.8 Å². The summed E-state index contributed by atoms with van der Waals surface area (Å²) in [7, 11) is 0. The predicted molar refractivity (Wildman–Crippen MR) is 98.6 cm³/mol. The SMILES string of the molecule is CC(C)C[C@H](O)C(=O)NC[C@@H]1OCCc2cn(Cc3ccccc3)nc21. The molecule has 0 fully saturated rings. The van der Waals surface area contributed by atoms with Crippen molar-refractivity contribution < 1.29 is 14.6 Å². The molecule has 26 heavy (non-hydrogen) atoms. The Balaban J connectivity index is 1.62. The lowest BCUT2D eigenvalue weighted by molar-refractivity contribution is -0.130. The number of hydrogen-bond acceptors (Lipinski definition) is 4. The minimum atomic E-state index is -0.978. The van der Waals surface area contributed by atoms with E-state index in [1.54, 1.807) is 0 Å². The molecule has 0 aliphatic carbocycles. The van der Waals surface area contributed by atoms with Gasteiger partial charge < -0.3 is 15.2 Å². The zero-order valence-corrected chi connectivity index (χ0v) is 15.4. The molecule has 0 unspecified atom stereocenters. The molecular formula is C20H27N3O3. The highest BCUT2D eigenvalue weighted by Crippen LogP contribution is 2.25. The number of hydrogen-bond donors (Lipinski definition) is 2. The van der Waals surface area contributed by atoms with Gasteiger partial charge in [-0.2, -0.15) is 5.10 Å². The van der Waals surface area contributed by atoms with Gasteiger partial charge in [0.1, 0.15) is 12.2 Å². The molecule has 6 heteroatoms. The van der Waals surface area contributed by atoms with Gasteiger partial charge in [0, 0.05) is 12.7 Å². The molecule has 6 nitrogen and oxygen atoms in total. The Morgan fingerprint density at radius 1 is 1.38 bits per heavy atom. The van der Waals surface area contributed by atoms with Gasteiger partial charge in [0.2, 0.25) is 5.91 Å². The van der Waals surface area contributed by atoms with Crippen LogP contribution in [0.1, 0.15) is 43.2 Å². The van der Waals surface area contributed by atoms with E-state index in [1.165, 1.54) is 5.56 Å². The number of aromatic nitrogens is 2. The van der Waals surface area contributed by atoms with E-state index < -0.39 is 6.10 Å². The van der Waals surface area contributed by atoms with E-state index in [1.807, 2.05) is 36.7 Å². The topological polar surface area (TPSA) is 76.4 Å². The number of rotatable bonds is 7. The number of aliphatic hydroxyl groups excluding tert-OH is 1. The number of amides is 1. The van der Waals surface area contributed by atoms with Gasteiger partial charge >= 0.3 is 0 Å². The largest absolute Gasteiger partial charge is 0.383 e. The van der Waals surface area contributed by atoms with E-state index in [0.717, 1.165) is 17.7 Å². The Hall–Kier alpha value is -2.18. The molecule has 140 valence electrons. The molecule has 2 N–H and O–H groups in total. The molecule has 2 atom stereocenters. The fraction of sp³-hybridized carbons (Fsp3) is 0.500. The van der Waals surface area contributed by atoms with Crippen molar-refractivity contribution in [3.63, 3.8) is 0 Å². The predicted octanol–water partition coefficient (Wildman–Crippen LogP) is 2.07. The van der Waals surface area contributed by atoms with Gasteiger partial charge in [-0.1, -0.05) is 44.2 Å². The summed E-state index contributed by atoms with van der Waals surface area (Å²) in [5, 5.41) is 17.4. The van der Waals surface area contributed by atoms with E-state index in [0.29, 0.717) is 26.1 Å². The maximum atomic E-state index is 12.0.